The number of ether oxygens (including phenoxy) is 3. The summed E-state index contributed by atoms with van der Waals surface area (Å²) in [6, 6.07) is 0. The van der Waals surface area contributed by atoms with E-state index in [1.807, 2.05) is 0 Å². The lowest BCUT2D eigenvalue weighted by molar-refractivity contribution is -0.154. The molecule has 7 nitrogen and oxygen atoms in total. The SMILES string of the molecule is C=CC(=O)OCC(CCCCCC(=O)O)C(=O)OCC1CO1. The average Bonchev–Trinajstić information content (AvgIpc) is 3.31. The molecule has 0 amide bonds. The van der Waals surface area contributed by atoms with E-state index >= 15 is 0 Å². The maximum absolute atomic E-state index is 12.0. The lowest BCUT2D eigenvalue weighted by Crippen LogP contribution is -2.25. The van der Waals surface area contributed by atoms with E-state index in [1.165, 1.54) is 0 Å². The lowest BCUT2D eigenvalue weighted by Gasteiger charge is -2.15. The van der Waals surface area contributed by atoms with Gasteiger partial charge in [-0.05, 0) is 12.8 Å². The van der Waals surface area contributed by atoms with Crippen LogP contribution < -0.4 is 0 Å². The Balaban J connectivity index is 2.31. The van der Waals surface area contributed by atoms with Crippen LogP contribution in [0.4, 0.5) is 0 Å². The highest BCUT2D eigenvalue weighted by Gasteiger charge is 2.27. The Hall–Kier alpha value is -1.89. The summed E-state index contributed by atoms with van der Waals surface area (Å²) in [5.74, 6) is -2.40. The van der Waals surface area contributed by atoms with Crippen molar-refractivity contribution in [2.24, 2.45) is 5.92 Å². The molecule has 0 bridgehead atoms. The van der Waals surface area contributed by atoms with E-state index in [-0.39, 0.29) is 25.7 Å². The fourth-order valence-electron chi connectivity index (χ4n) is 1.81. The Kier molecular flexibility index (Phi) is 8.21. The standard InChI is InChI=1S/C15H22O7/c1-2-14(18)21-8-11(6-4-3-5-7-13(16)17)15(19)22-10-12-9-20-12/h2,11-12H,1,3-10H2,(H,16,17). The smallest absolute Gasteiger partial charge is 0.330 e. The second-order valence-electron chi connectivity index (χ2n) is 5.11. The van der Waals surface area contributed by atoms with E-state index < -0.39 is 23.8 Å². The van der Waals surface area contributed by atoms with Crippen LogP contribution in [0.1, 0.15) is 32.1 Å². The van der Waals surface area contributed by atoms with Crippen LogP contribution in [-0.2, 0) is 28.6 Å². The number of hydrogen-bond acceptors (Lipinski definition) is 6. The van der Waals surface area contributed by atoms with E-state index in [1.54, 1.807) is 0 Å². The molecule has 0 aromatic rings. The summed E-state index contributed by atoms with van der Waals surface area (Å²) >= 11 is 0. The molecule has 0 aromatic heterocycles. The summed E-state index contributed by atoms with van der Waals surface area (Å²) in [6.07, 6.45) is 3.52. The zero-order valence-electron chi connectivity index (χ0n) is 12.5. The molecular formula is C15H22O7. The van der Waals surface area contributed by atoms with Gasteiger partial charge in [0.15, 0.2) is 0 Å². The van der Waals surface area contributed by atoms with Gasteiger partial charge in [0.25, 0.3) is 0 Å². The second kappa shape index (κ2) is 9.94. The molecule has 7 heteroatoms. The van der Waals surface area contributed by atoms with Gasteiger partial charge in [-0.15, -0.1) is 0 Å². The highest BCUT2D eigenvalue weighted by atomic mass is 16.6. The summed E-state index contributed by atoms with van der Waals surface area (Å²) in [7, 11) is 0. The molecule has 1 fully saturated rings. The third-order valence-corrected chi connectivity index (χ3v) is 3.18. The number of carboxylic acids is 1. The quantitative estimate of drug-likeness (QED) is 0.251. The van der Waals surface area contributed by atoms with Crippen LogP contribution in [0.3, 0.4) is 0 Å². The number of carbonyl (C=O) groups excluding carboxylic acids is 2. The molecule has 1 saturated heterocycles. The molecule has 0 aromatic carbocycles. The van der Waals surface area contributed by atoms with Gasteiger partial charge < -0.3 is 19.3 Å². The Morgan fingerprint density at radius 3 is 2.59 bits per heavy atom. The predicted molar refractivity (Wildman–Crippen MR) is 76.1 cm³/mol. The first kappa shape index (κ1) is 18.2. The Morgan fingerprint density at radius 1 is 1.27 bits per heavy atom. The number of aliphatic carboxylic acids is 1. The van der Waals surface area contributed by atoms with Gasteiger partial charge in [-0.1, -0.05) is 19.4 Å². The molecule has 124 valence electrons. The molecule has 0 saturated carbocycles. The van der Waals surface area contributed by atoms with Crippen LogP contribution in [0.5, 0.6) is 0 Å². The van der Waals surface area contributed by atoms with Gasteiger partial charge in [0.05, 0.1) is 12.5 Å². The van der Waals surface area contributed by atoms with E-state index in [0.29, 0.717) is 32.3 Å². The van der Waals surface area contributed by atoms with Gasteiger partial charge in [0, 0.05) is 12.5 Å². The van der Waals surface area contributed by atoms with Crippen LogP contribution in [0, 0.1) is 5.92 Å². The number of epoxide rings is 1. The van der Waals surface area contributed by atoms with Gasteiger partial charge in [0.2, 0.25) is 0 Å². The molecule has 2 unspecified atom stereocenters. The first-order valence-electron chi connectivity index (χ1n) is 7.32. The highest BCUT2D eigenvalue weighted by Crippen LogP contribution is 2.16. The van der Waals surface area contributed by atoms with Gasteiger partial charge in [-0.3, -0.25) is 9.59 Å². The predicted octanol–water partition coefficient (Wildman–Crippen LogP) is 1.31. The van der Waals surface area contributed by atoms with Gasteiger partial charge >= 0.3 is 17.9 Å². The summed E-state index contributed by atoms with van der Waals surface area (Å²) in [4.78, 5) is 33.5. The maximum atomic E-state index is 12.0. The van der Waals surface area contributed by atoms with Crippen LogP contribution >= 0.6 is 0 Å². The van der Waals surface area contributed by atoms with Crippen molar-refractivity contribution >= 4 is 17.9 Å². The Morgan fingerprint density at radius 2 is 2.00 bits per heavy atom. The van der Waals surface area contributed by atoms with Crippen molar-refractivity contribution < 1.29 is 33.7 Å². The van der Waals surface area contributed by atoms with E-state index in [0.717, 1.165) is 6.08 Å². The van der Waals surface area contributed by atoms with Crippen molar-refractivity contribution in [3.8, 4) is 0 Å². The van der Waals surface area contributed by atoms with Crippen molar-refractivity contribution in [1.29, 1.82) is 0 Å². The number of carboxylic acid groups (broad SMARTS) is 1. The van der Waals surface area contributed by atoms with E-state index in [9.17, 15) is 14.4 Å². The lowest BCUT2D eigenvalue weighted by atomic mass is 10.0. The molecule has 1 rings (SSSR count). The molecule has 1 aliphatic rings. The number of rotatable bonds is 12. The summed E-state index contributed by atoms with van der Waals surface area (Å²) in [6.45, 7) is 4.04. The van der Waals surface area contributed by atoms with Crippen molar-refractivity contribution in [2.45, 2.75) is 38.2 Å². The average molecular weight is 314 g/mol. The van der Waals surface area contributed by atoms with Crippen LogP contribution in [0.25, 0.3) is 0 Å². The summed E-state index contributed by atoms with van der Waals surface area (Å²) in [5, 5.41) is 8.56. The van der Waals surface area contributed by atoms with Crippen LogP contribution in [0.15, 0.2) is 12.7 Å². The zero-order valence-corrected chi connectivity index (χ0v) is 12.5. The topological polar surface area (TPSA) is 102 Å². The van der Waals surface area contributed by atoms with Crippen molar-refractivity contribution in [2.75, 3.05) is 19.8 Å². The molecule has 1 aliphatic heterocycles. The molecule has 1 N–H and O–H groups in total. The number of carbonyl (C=O) groups is 3. The molecule has 0 aliphatic carbocycles. The molecule has 2 atom stereocenters. The van der Waals surface area contributed by atoms with Gasteiger partial charge in [0.1, 0.15) is 19.3 Å². The summed E-state index contributed by atoms with van der Waals surface area (Å²) < 4.78 is 15.0. The second-order valence-corrected chi connectivity index (χ2v) is 5.11. The van der Waals surface area contributed by atoms with E-state index in [4.69, 9.17) is 19.3 Å². The fourth-order valence-corrected chi connectivity index (χ4v) is 1.81. The minimum absolute atomic E-state index is 0.0177. The minimum Gasteiger partial charge on any atom is -0.481 e. The highest BCUT2D eigenvalue weighted by molar-refractivity contribution is 5.81. The normalized spacial score (nSPS) is 17.4. The number of hydrogen-bond donors (Lipinski definition) is 1. The third kappa shape index (κ3) is 8.41. The molecule has 0 spiro atoms. The maximum Gasteiger partial charge on any atom is 0.330 e. The molecule has 1 heterocycles. The van der Waals surface area contributed by atoms with Crippen LogP contribution in [0.2, 0.25) is 0 Å². The molecule has 22 heavy (non-hydrogen) atoms. The first-order valence-corrected chi connectivity index (χ1v) is 7.32. The van der Waals surface area contributed by atoms with E-state index in [2.05, 4.69) is 6.58 Å². The van der Waals surface area contributed by atoms with Crippen molar-refractivity contribution in [1.82, 2.24) is 0 Å². The largest absolute Gasteiger partial charge is 0.481 e. The van der Waals surface area contributed by atoms with Gasteiger partial charge in [-0.25, -0.2) is 4.79 Å². The van der Waals surface area contributed by atoms with Crippen LogP contribution in [-0.4, -0.2) is 48.9 Å². The van der Waals surface area contributed by atoms with Gasteiger partial charge in [-0.2, -0.15) is 0 Å². The Bertz CT molecular complexity index is 401. The minimum atomic E-state index is -0.833. The fraction of sp³-hybridized carbons (Fsp3) is 0.667. The number of esters is 2. The zero-order chi connectivity index (χ0) is 16.4. The monoisotopic (exact) mass is 314 g/mol. The molecule has 0 radical (unpaired) electrons. The Labute approximate surface area is 129 Å². The number of unbranched alkanes of at least 4 members (excludes halogenated alkanes) is 2. The molecular weight excluding hydrogens is 292 g/mol. The van der Waals surface area contributed by atoms with Crippen molar-refractivity contribution in [3.05, 3.63) is 12.7 Å². The first-order chi connectivity index (χ1) is 10.5. The van der Waals surface area contributed by atoms with Crippen molar-refractivity contribution in [3.63, 3.8) is 0 Å². The summed E-state index contributed by atoms with van der Waals surface area (Å²) in [5.41, 5.74) is 0. The third-order valence-electron chi connectivity index (χ3n) is 3.18.